The first-order chi connectivity index (χ1) is 3.81. The van der Waals surface area contributed by atoms with Crippen molar-refractivity contribution in [3.05, 3.63) is 0 Å². The van der Waals surface area contributed by atoms with Gasteiger partial charge in [-0.05, 0) is 7.05 Å². The maximum absolute atomic E-state index is 8.31. The molecule has 0 fully saturated rings. The Morgan fingerprint density at radius 2 is 2.25 bits per heavy atom. The molecule has 0 aromatic rings. The normalized spacial score (nSPS) is 10.5. The monoisotopic (exact) mass is 120 g/mol. The Morgan fingerprint density at radius 3 is 2.62 bits per heavy atom. The van der Waals surface area contributed by atoms with Crippen LogP contribution in [0.5, 0.6) is 0 Å². The van der Waals surface area contributed by atoms with Gasteiger partial charge in [-0.2, -0.15) is 5.48 Å². The van der Waals surface area contributed by atoms with E-state index in [0.717, 1.165) is 0 Å². The zero-order valence-corrected chi connectivity index (χ0v) is 4.96. The molecular formula is C4H12N2O2. The molecule has 50 valence electrons. The number of nitrogens with one attached hydrogen (secondary N) is 1. The van der Waals surface area contributed by atoms with Gasteiger partial charge in [-0.25, -0.2) is 0 Å². The third kappa shape index (κ3) is 4.01. The summed E-state index contributed by atoms with van der Waals surface area (Å²) in [6.45, 7) is 1.09. The van der Waals surface area contributed by atoms with Gasteiger partial charge in [0.15, 0.2) is 0 Å². The number of aliphatic hydroxyl groups excluding tert-OH is 1. The van der Waals surface area contributed by atoms with Crippen LogP contribution in [-0.2, 0) is 0 Å². The van der Waals surface area contributed by atoms with E-state index in [1.54, 1.807) is 11.9 Å². The molecule has 0 aromatic heterocycles. The number of hydroxylamine groups is 1. The van der Waals surface area contributed by atoms with E-state index in [9.17, 15) is 0 Å². The summed E-state index contributed by atoms with van der Waals surface area (Å²) in [7, 11) is 1.79. The van der Waals surface area contributed by atoms with E-state index in [1.807, 2.05) is 5.48 Å². The van der Waals surface area contributed by atoms with Gasteiger partial charge < -0.3 is 10.3 Å². The highest BCUT2D eigenvalue weighted by Gasteiger charge is 1.91. The Kier molecular flexibility index (Phi) is 4.89. The molecule has 0 heterocycles. The summed E-state index contributed by atoms with van der Waals surface area (Å²) in [5.74, 6) is 0. The van der Waals surface area contributed by atoms with Crippen LogP contribution in [0.2, 0.25) is 0 Å². The van der Waals surface area contributed by atoms with Gasteiger partial charge in [0.25, 0.3) is 0 Å². The molecule has 0 saturated heterocycles. The predicted octanol–water partition coefficient (Wildman–Crippen LogP) is -1.15. The van der Waals surface area contributed by atoms with Crippen LogP contribution in [0.25, 0.3) is 0 Å². The fourth-order valence-electron chi connectivity index (χ4n) is 0.370. The molecule has 0 aliphatic rings. The van der Waals surface area contributed by atoms with Gasteiger partial charge in [-0.1, -0.05) is 0 Å². The molecule has 3 N–H and O–H groups in total. The van der Waals surface area contributed by atoms with E-state index in [0.29, 0.717) is 13.2 Å². The molecule has 0 unspecified atom stereocenters. The van der Waals surface area contributed by atoms with E-state index in [2.05, 4.69) is 0 Å². The van der Waals surface area contributed by atoms with Crippen molar-refractivity contribution in [2.24, 2.45) is 0 Å². The second kappa shape index (κ2) is 4.99. The molecule has 4 heteroatoms. The van der Waals surface area contributed by atoms with Crippen LogP contribution in [0.1, 0.15) is 0 Å². The van der Waals surface area contributed by atoms with Gasteiger partial charge in [0.1, 0.15) is 0 Å². The van der Waals surface area contributed by atoms with Crippen LogP contribution in [0.15, 0.2) is 0 Å². The van der Waals surface area contributed by atoms with E-state index in [4.69, 9.17) is 10.3 Å². The molecule has 0 atom stereocenters. The molecule has 0 rings (SSSR count). The highest BCUT2D eigenvalue weighted by Crippen LogP contribution is 1.73. The number of hydrogen-bond donors (Lipinski definition) is 3. The van der Waals surface area contributed by atoms with Gasteiger partial charge in [0.05, 0.1) is 13.3 Å². The second-order valence-corrected chi connectivity index (χ2v) is 1.62. The molecule has 0 aliphatic heterocycles. The van der Waals surface area contributed by atoms with Gasteiger partial charge in [-0.3, -0.25) is 4.90 Å². The van der Waals surface area contributed by atoms with Gasteiger partial charge >= 0.3 is 0 Å². The smallest absolute Gasteiger partial charge is 0.0721 e. The first kappa shape index (κ1) is 7.84. The Balaban J connectivity index is 2.92. The molecule has 8 heavy (non-hydrogen) atoms. The molecular weight excluding hydrogens is 108 g/mol. The lowest BCUT2D eigenvalue weighted by atomic mass is 10.6. The van der Waals surface area contributed by atoms with Crippen molar-refractivity contribution < 1.29 is 10.3 Å². The number of likely N-dealkylation sites (N-methyl/N-ethyl adjacent to an activating group) is 1. The molecule has 0 bridgehead atoms. The quantitative estimate of drug-likeness (QED) is 0.324. The van der Waals surface area contributed by atoms with Crippen molar-refractivity contribution in [2.45, 2.75) is 0 Å². The van der Waals surface area contributed by atoms with E-state index in [1.165, 1.54) is 0 Å². The van der Waals surface area contributed by atoms with Gasteiger partial charge in [-0.15, -0.1) is 0 Å². The van der Waals surface area contributed by atoms with Crippen LogP contribution in [0.4, 0.5) is 0 Å². The van der Waals surface area contributed by atoms with E-state index < -0.39 is 0 Å². The molecule has 0 radical (unpaired) electrons. The first-order valence-corrected chi connectivity index (χ1v) is 2.47. The van der Waals surface area contributed by atoms with Crippen LogP contribution in [0.3, 0.4) is 0 Å². The Labute approximate surface area is 48.7 Å². The standard InChI is InChI=1S/C4H12N2O2/c1-6(2-3-7)4-5-8/h5,7-8H,2-4H2,1H3. The van der Waals surface area contributed by atoms with Crippen molar-refractivity contribution in [1.82, 2.24) is 10.4 Å². The van der Waals surface area contributed by atoms with Crippen molar-refractivity contribution in [2.75, 3.05) is 26.9 Å². The zero-order chi connectivity index (χ0) is 6.41. The highest BCUT2D eigenvalue weighted by molar-refractivity contribution is 4.41. The van der Waals surface area contributed by atoms with Crippen LogP contribution < -0.4 is 5.48 Å². The second-order valence-electron chi connectivity index (χ2n) is 1.62. The summed E-state index contributed by atoms with van der Waals surface area (Å²) in [6, 6.07) is 0. The fourth-order valence-corrected chi connectivity index (χ4v) is 0.370. The Bertz CT molecular complexity index is 45.3. The number of rotatable bonds is 4. The maximum atomic E-state index is 8.31. The lowest BCUT2D eigenvalue weighted by Gasteiger charge is -2.11. The summed E-state index contributed by atoms with van der Waals surface area (Å²) in [4.78, 5) is 1.75. The van der Waals surface area contributed by atoms with Gasteiger partial charge in [0, 0.05) is 6.54 Å². The van der Waals surface area contributed by atoms with Gasteiger partial charge in [0.2, 0.25) is 0 Å². The lowest BCUT2D eigenvalue weighted by molar-refractivity contribution is 0.100. The summed E-state index contributed by atoms with van der Waals surface area (Å²) >= 11 is 0. The Morgan fingerprint density at radius 1 is 1.62 bits per heavy atom. The average molecular weight is 120 g/mol. The number of aliphatic hydroxyl groups is 1. The van der Waals surface area contributed by atoms with Crippen molar-refractivity contribution in [1.29, 1.82) is 0 Å². The summed E-state index contributed by atoms with van der Waals surface area (Å²) in [5, 5.41) is 16.4. The molecule has 4 nitrogen and oxygen atoms in total. The average Bonchev–Trinajstić information content (AvgIpc) is 1.68. The third-order valence-corrected chi connectivity index (χ3v) is 0.822. The van der Waals surface area contributed by atoms with E-state index >= 15 is 0 Å². The van der Waals surface area contributed by atoms with Crippen molar-refractivity contribution >= 4 is 0 Å². The first-order valence-electron chi connectivity index (χ1n) is 2.47. The topological polar surface area (TPSA) is 55.7 Å². The summed E-state index contributed by atoms with van der Waals surface area (Å²) in [5.41, 5.74) is 1.97. The molecule has 0 amide bonds. The SMILES string of the molecule is CN(CCO)CNO. The summed E-state index contributed by atoms with van der Waals surface area (Å²) in [6.07, 6.45) is 0. The highest BCUT2D eigenvalue weighted by atomic mass is 16.5. The van der Waals surface area contributed by atoms with Crippen molar-refractivity contribution in [3.63, 3.8) is 0 Å². The van der Waals surface area contributed by atoms with Crippen LogP contribution >= 0.6 is 0 Å². The van der Waals surface area contributed by atoms with Crippen LogP contribution in [0, 0.1) is 0 Å². The minimum absolute atomic E-state index is 0.123. The molecule has 0 saturated carbocycles. The molecule has 0 aromatic carbocycles. The minimum atomic E-state index is 0.123. The molecule has 0 aliphatic carbocycles. The number of hydrogen-bond acceptors (Lipinski definition) is 4. The largest absolute Gasteiger partial charge is 0.395 e. The van der Waals surface area contributed by atoms with E-state index in [-0.39, 0.29) is 6.61 Å². The lowest BCUT2D eigenvalue weighted by Crippen LogP contribution is -2.31. The zero-order valence-electron chi connectivity index (χ0n) is 4.96. The van der Waals surface area contributed by atoms with Crippen molar-refractivity contribution in [3.8, 4) is 0 Å². The number of nitrogens with zero attached hydrogens (tertiary/aromatic N) is 1. The predicted molar refractivity (Wildman–Crippen MR) is 29.5 cm³/mol. The minimum Gasteiger partial charge on any atom is -0.395 e. The fraction of sp³-hybridized carbons (Fsp3) is 1.00. The summed E-state index contributed by atoms with van der Waals surface area (Å²) < 4.78 is 0. The van der Waals surface area contributed by atoms with Crippen LogP contribution in [-0.4, -0.2) is 42.1 Å². The molecule has 0 spiro atoms. The third-order valence-electron chi connectivity index (χ3n) is 0.822. The maximum Gasteiger partial charge on any atom is 0.0721 e. The Hall–Kier alpha value is -0.160.